The lowest BCUT2D eigenvalue weighted by Crippen LogP contribution is -2.43. The van der Waals surface area contributed by atoms with Crippen molar-refractivity contribution in [1.29, 1.82) is 0 Å². The van der Waals surface area contributed by atoms with Crippen LogP contribution in [0.4, 0.5) is 4.39 Å². The number of halogens is 1. The van der Waals surface area contributed by atoms with Crippen LogP contribution in [0.5, 0.6) is 0 Å². The van der Waals surface area contributed by atoms with Gasteiger partial charge < -0.3 is 10.4 Å². The molecule has 0 heterocycles. The molecule has 0 bridgehead atoms. The lowest BCUT2D eigenvalue weighted by atomic mass is 9.82. The molecule has 1 aromatic carbocycles. The van der Waals surface area contributed by atoms with Crippen LogP contribution in [0.1, 0.15) is 42.1 Å². The van der Waals surface area contributed by atoms with Gasteiger partial charge in [-0.25, -0.2) is 4.39 Å². The highest BCUT2D eigenvalue weighted by molar-refractivity contribution is 5.97. The summed E-state index contributed by atoms with van der Waals surface area (Å²) in [5, 5.41) is 11.6. The van der Waals surface area contributed by atoms with Crippen molar-refractivity contribution in [3.63, 3.8) is 0 Å². The third kappa shape index (κ3) is 3.58. The van der Waals surface area contributed by atoms with Crippen LogP contribution in [-0.4, -0.2) is 23.7 Å². The number of rotatable bonds is 3. The summed E-state index contributed by atoms with van der Waals surface area (Å²) in [6, 6.07) is 4.17. The maximum absolute atomic E-state index is 13.3. The van der Waals surface area contributed by atoms with Crippen molar-refractivity contribution >= 4 is 5.91 Å². The Kier molecular flexibility index (Phi) is 4.75. The van der Waals surface area contributed by atoms with Crippen molar-refractivity contribution in [3.8, 4) is 11.8 Å². The van der Waals surface area contributed by atoms with Gasteiger partial charge in [-0.1, -0.05) is 18.8 Å². The van der Waals surface area contributed by atoms with Crippen LogP contribution >= 0.6 is 0 Å². The van der Waals surface area contributed by atoms with E-state index in [1.54, 1.807) is 0 Å². The van der Waals surface area contributed by atoms with Crippen LogP contribution in [0.3, 0.4) is 0 Å². The largest absolute Gasteiger partial charge is 0.395 e. The van der Waals surface area contributed by atoms with Gasteiger partial charge in [0.2, 0.25) is 0 Å². The van der Waals surface area contributed by atoms with E-state index in [0.29, 0.717) is 17.9 Å². The van der Waals surface area contributed by atoms with E-state index >= 15 is 0 Å². The number of nitrogens with one attached hydrogen (secondary N) is 1. The zero-order valence-corrected chi connectivity index (χ0v) is 11.4. The quantitative estimate of drug-likeness (QED) is 0.830. The average molecular weight is 275 g/mol. The number of hydrogen-bond acceptors (Lipinski definition) is 2. The smallest absolute Gasteiger partial charge is 0.252 e. The fourth-order valence-electron chi connectivity index (χ4n) is 2.31. The van der Waals surface area contributed by atoms with Crippen LogP contribution in [0.15, 0.2) is 18.2 Å². The van der Waals surface area contributed by atoms with Crippen LogP contribution in [0, 0.1) is 23.6 Å². The molecule has 106 valence electrons. The zero-order chi connectivity index (χ0) is 14.5. The van der Waals surface area contributed by atoms with Gasteiger partial charge in [-0.05, 0) is 37.0 Å². The molecule has 4 heteroatoms. The Balaban J connectivity index is 2.14. The Hall–Kier alpha value is -1.86. The standard InChI is InChI=1S/C16H18FNO2/c1-11-8-14(9-11)18-16(20)15-10-13(17)6-5-12(15)4-2-3-7-19/h5-6,10-11,14,19H,3,7-9H2,1H3,(H,18,20). The molecule has 2 rings (SSSR count). The Bertz CT molecular complexity index is 553. The van der Waals surface area contributed by atoms with Crippen molar-refractivity contribution in [1.82, 2.24) is 5.32 Å². The molecule has 0 unspecified atom stereocenters. The maximum atomic E-state index is 13.3. The molecule has 1 amide bonds. The zero-order valence-electron chi connectivity index (χ0n) is 11.4. The number of carbonyl (C=O) groups excluding carboxylic acids is 1. The first-order chi connectivity index (χ1) is 9.60. The van der Waals surface area contributed by atoms with E-state index in [4.69, 9.17) is 5.11 Å². The summed E-state index contributed by atoms with van der Waals surface area (Å²) in [6.45, 7) is 2.10. The Labute approximate surface area is 118 Å². The van der Waals surface area contributed by atoms with E-state index in [9.17, 15) is 9.18 Å². The SMILES string of the molecule is CC1CC(NC(=O)c2cc(F)ccc2C#CCCO)C1. The summed E-state index contributed by atoms with van der Waals surface area (Å²) in [5.74, 6) is 5.45. The van der Waals surface area contributed by atoms with Crippen LogP contribution in [0.25, 0.3) is 0 Å². The predicted octanol–water partition coefficient (Wildman–Crippen LogP) is 2.09. The van der Waals surface area contributed by atoms with E-state index < -0.39 is 5.82 Å². The number of aliphatic hydroxyl groups is 1. The molecule has 0 atom stereocenters. The Morgan fingerprint density at radius 2 is 2.25 bits per heavy atom. The summed E-state index contributed by atoms with van der Waals surface area (Å²) >= 11 is 0. The molecule has 1 aliphatic carbocycles. The molecule has 20 heavy (non-hydrogen) atoms. The molecule has 1 aromatic rings. The monoisotopic (exact) mass is 275 g/mol. The summed E-state index contributed by atoms with van der Waals surface area (Å²) in [7, 11) is 0. The van der Waals surface area contributed by atoms with Gasteiger partial charge in [0, 0.05) is 18.0 Å². The summed E-state index contributed by atoms with van der Waals surface area (Å²) in [6.07, 6.45) is 2.26. The van der Waals surface area contributed by atoms with Crippen molar-refractivity contribution in [3.05, 3.63) is 35.1 Å². The molecule has 1 fully saturated rings. The van der Waals surface area contributed by atoms with Gasteiger partial charge in [0.05, 0.1) is 12.2 Å². The van der Waals surface area contributed by atoms with E-state index in [-0.39, 0.29) is 24.1 Å². The van der Waals surface area contributed by atoms with E-state index in [0.717, 1.165) is 12.8 Å². The third-order valence-corrected chi connectivity index (χ3v) is 3.40. The van der Waals surface area contributed by atoms with Crippen molar-refractivity contribution in [2.75, 3.05) is 6.61 Å². The molecule has 0 saturated heterocycles. The minimum atomic E-state index is -0.454. The summed E-state index contributed by atoms with van der Waals surface area (Å²) in [4.78, 5) is 12.2. The molecular weight excluding hydrogens is 257 g/mol. The van der Waals surface area contributed by atoms with Crippen molar-refractivity contribution in [2.45, 2.75) is 32.2 Å². The fourth-order valence-corrected chi connectivity index (χ4v) is 2.31. The second-order valence-electron chi connectivity index (χ2n) is 5.21. The fraction of sp³-hybridized carbons (Fsp3) is 0.438. The van der Waals surface area contributed by atoms with E-state index in [1.807, 2.05) is 0 Å². The molecular formula is C16H18FNO2. The second kappa shape index (κ2) is 6.53. The third-order valence-electron chi connectivity index (χ3n) is 3.40. The van der Waals surface area contributed by atoms with Crippen LogP contribution in [-0.2, 0) is 0 Å². The molecule has 1 saturated carbocycles. The Morgan fingerprint density at radius 1 is 1.50 bits per heavy atom. The molecule has 0 spiro atoms. The molecule has 0 radical (unpaired) electrons. The Morgan fingerprint density at radius 3 is 2.90 bits per heavy atom. The van der Waals surface area contributed by atoms with Gasteiger partial charge in [0.15, 0.2) is 0 Å². The average Bonchev–Trinajstić information content (AvgIpc) is 2.38. The highest BCUT2D eigenvalue weighted by Crippen LogP contribution is 2.26. The molecule has 1 aliphatic rings. The number of hydrogen-bond donors (Lipinski definition) is 2. The van der Waals surface area contributed by atoms with Crippen LogP contribution in [0.2, 0.25) is 0 Å². The van der Waals surface area contributed by atoms with Gasteiger partial charge in [-0.3, -0.25) is 4.79 Å². The number of benzene rings is 1. The molecule has 2 N–H and O–H groups in total. The highest BCUT2D eigenvalue weighted by Gasteiger charge is 2.27. The topological polar surface area (TPSA) is 49.3 Å². The van der Waals surface area contributed by atoms with Crippen LogP contribution < -0.4 is 5.32 Å². The van der Waals surface area contributed by atoms with Gasteiger partial charge in [-0.15, -0.1) is 0 Å². The lowest BCUT2D eigenvalue weighted by Gasteiger charge is -2.33. The summed E-state index contributed by atoms with van der Waals surface area (Å²) in [5.41, 5.74) is 0.750. The molecule has 0 aromatic heterocycles. The first-order valence-corrected chi connectivity index (χ1v) is 6.80. The van der Waals surface area contributed by atoms with E-state index in [1.165, 1.54) is 18.2 Å². The lowest BCUT2D eigenvalue weighted by molar-refractivity contribution is 0.0895. The minimum absolute atomic E-state index is 0.0321. The van der Waals surface area contributed by atoms with Gasteiger partial charge >= 0.3 is 0 Å². The first kappa shape index (κ1) is 14.5. The molecule has 3 nitrogen and oxygen atoms in total. The molecule has 0 aliphatic heterocycles. The minimum Gasteiger partial charge on any atom is -0.395 e. The van der Waals surface area contributed by atoms with Gasteiger partial charge in [0.1, 0.15) is 5.82 Å². The predicted molar refractivity (Wildman–Crippen MR) is 74.6 cm³/mol. The number of aliphatic hydroxyl groups excluding tert-OH is 1. The van der Waals surface area contributed by atoms with Gasteiger partial charge in [-0.2, -0.15) is 0 Å². The van der Waals surface area contributed by atoms with Crippen molar-refractivity contribution in [2.24, 2.45) is 5.92 Å². The number of amides is 1. The first-order valence-electron chi connectivity index (χ1n) is 6.80. The number of carbonyl (C=O) groups is 1. The van der Waals surface area contributed by atoms with E-state index in [2.05, 4.69) is 24.1 Å². The van der Waals surface area contributed by atoms with Gasteiger partial charge in [0.25, 0.3) is 5.91 Å². The second-order valence-corrected chi connectivity index (χ2v) is 5.21. The summed E-state index contributed by atoms with van der Waals surface area (Å²) < 4.78 is 13.3. The van der Waals surface area contributed by atoms with Crippen molar-refractivity contribution < 1.29 is 14.3 Å². The normalized spacial score (nSPS) is 20.6. The highest BCUT2D eigenvalue weighted by atomic mass is 19.1. The maximum Gasteiger partial charge on any atom is 0.252 e.